The topological polar surface area (TPSA) is 106 Å². The quantitative estimate of drug-likeness (QED) is 0.729. The van der Waals surface area contributed by atoms with Gasteiger partial charge in [-0.1, -0.05) is 13.3 Å². The predicted octanol–water partition coefficient (Wildman–Crippen LogP) is 1.85. The molecule has 0 spiro atoms. The first kappa shape index (κ1) is 22.0. The summed E-state index contributed by atoms with van der Waals surface area (Å²) in [6, 6.07) is 3.34. The zero-order valence-corrected chi connectivity index (χ0v) is 19.5. The van der Waals surface area contributed by atoms with Gasteiger partial charge in [-0.05, 0) is 42.9 Å². The second-order valence-corrected chi connectivity index (χ2v) is 11.4. The second-order valence-electron chi connectivity index (χ2n) is 8.31. The van der Waals surface area contributed by atoms with E-state index in [1.54, 1.807) is 23.3 Å². The Kier molecular flexibility index (Phi) is 5.97. The minimum atomic E-state index is -3.75. The molecule has 1 atom stereocenters. The SMILES string of the molecule is CCC1CCc2sc(C(=O)N3CCN(S(=O)(=O)c4cc(C(N)=O)n(C)c4)CC3)cc2C1. The summed E-state index contributed by atoms with van der Waals surface area (Å²) in [6.07, 6.45) is 5.84. The lowest BCUT2D eigenvalue weighted by molar-refractivity contribution is 0.0702. The number of piperazine rings is 1. The van der Waals surface area contributed by atoms with E-state index in [2.05, 4.69) is 6.92 Å². The van der Waals surface area contributed by atoms with Crippen molar-refractivity contribution in [3.8, 4) is 0 Å². The average molecular weight is 465 g/mol. The molecule has 3 heterocycles. The number of rotatable bonds is 5. The highest BCUT2D eigenvalue weighted by Gasteiger charge is 2.33. The molecule has 2 aliphatic rings. The number of sulfonamides is 1. The summed E-state index contributed by atoms with van der Waals surface area (Å²) >= 11 is 1.59. The van der Waals surface area contributed by atoms with Crippen LogP contribution in [0.5, 0.6) is 0 Å². The molecule has 2 aromatic heterocycles. The highest BCUT2D eigenvalue weighted by atomic mass is 32.2. The standard InChI is InChI=1S/C21H28N4O4S2/c1-3-14-4-5-18-15(10-14)11-19(30-18)21(27)24-6-8-25(9-7-24)31(28,29)16-12-17(20(22)26)23(2)13-16/h11-14H,3-10H2,1-2H3,(H2,22,26). The molecule has 1 fully saturated rings. The van der Waals surface area contributed by atoms with Crippen molar-refractivity contribution >= 4 is 33.2 Å². The summed E-state index contributed by atoms with van der Waals surface area (Å²) < 4.78 is 28.7. The number of hydrogen-bond donors (Lipinski definition) is 1. The Balaban J connectivity index is 1.43. The van der Waals surface area contributed by atoms with Crippen molar-refractivity contribution in [2.45, 2.75) is 37.5 Å². The second kappa shape index (κ2) is 8.40. The van der Waals surface area contributed by atoms with Crippen LogP contribution in [-0.2, 0) is 29.9 Å². The zero-order valence-electron chi connectivity index (χ0n) is 17.8. The molecule has 0 bridgehead atoms. The smallest absolute Gasteiger partial charge is 0.265 e. The third kappa shape index (κ3) is 4.16. The Hall–Kier alpha value is -2.17. The van der Waals surface area contributed by atoms with Gasteiger partial charge in [0.1, 0.15) is 10.6 Å². The summed E-state index contributed by atoms with van der Waals surface area (Å²) in [5, 5.41) is 0. The maximum atomic E-state index is 13.0. The van der Waals surface area contributed by atoms with E-state index in [1.165, 1.54) is 38.0 Å². The minimum absolute atomic E-state index is 0.0137. The first-order chi connectivity index (χ1) is 14.7. The van der Waals surface area contributed by atoms with Crippen molar-refractivity contribution in [3.05, 3.63) is 39.3 Å². The molecule has 0 radical (unpaired) electrons. The van der Waals surface area contributed by atoms with Gasteiger partial charge < -0.3 is 15.2 Å². The number of thiophene rings is 1. The van der Waals surface area contributed by atoms with Crippen LogP contribution >= 0.6 is 11.3 Å². The van der Waals surface area contributed by atoms with Gasteiger partial charge in [0.15, 0.2) is 0 Å². The van der Waals surface area contributed by atoms with Crippen LogP contribution in [-0.4, -0.2) is 60.2 Å². The molecule has 0 saturated carbocycles. The van der Waals surface area contributed by atoms with E-state index in [0.29, 0.717) is 19.0 Å². The van der Waals surface area contributed by atoms with Crippen LogP contribution in [0.15, 0.2) is 23.2 Å². The molecule has 0 aromatic carbocycles. The summed E-state index contributed by atoms with van der Waals surface area (Å²) in [4.78, 5) is 28.3. The normalized spacial score (nSPS) is 19.9. The van der Waals surface area contributed by atoms with Crippen molar-refractivity contribution in [1.29, 1.82) is 0 Å². The minimum Gasteiger partial charge on any atom is -0.364 e. The monoisotopic (exact) mass is 464 g/mol. The van der Waals surface area contributed by atoms with Gasteiger partial charge in [-0.15, -0.1) is 11.3 Å². The fourth-order valence-corrected chi connectivity index (χ4v) is 7.08. The molecular formula is C21H28N4O4S2. The molecule has 1 aliphatic carbocycles. The molecule has 1 aliphatic heterocycles. The van der Waals surface area contributed by atoms with Crippen LogP contribution in [0.4, 0.5) is 0 Å². The van der Waals surface area contributed by atoms with Gasteiger partial charge in [0.05, 0.1) is 4.88 Å². The van der Waals surface area contributed by atoms with E-state index in [-0.39, 0.29) is 29.6 Å². The van der Waals surface area contributed by atoms with Crippen LogP contribution < -0.4 is 5.73 Å². The summed E-state index contributed by atoms with van der Waals surface area (Å²) in [5.41, 5.74) is 6.74. The Bertz CT molecular complexity index is 1110. The summed E-state index contributed by atoms with van der Waals surface area (Å²) in [6.45, 7) is 3.34. The summed E-state index contributed by atoms with van der Waals surface area (Å²) in [7, 11) is -2.17. The Morgan fingerprint density at radius 2 is 1.90 bits per heavy atom. The number of hydrogen-bond acceptors (Lipinski definition) is 5. The fraction of sp³-hybridized carbons (Fsp3) is 0.524. The molecular weight excluding hydrogens is 436 g/mol. The van der Waals surface area contributed by atoms with Crippen LogP contribution in [0.1, 0.15) is 50.4 Å². The molecule has 1 saturated heterocycles. The molecule has 168 valence electrons. The van der Waals surface area contributed by atoms with Gasteiger partial charge in [-0.2, -0.15) is 4.31 Å². The zero-order chi connectivity index (χ0) is 22.3. The molecule has 1 unspecified atom stereocenters. The highest BCUT2D eigenvalue weighted by Crippen LogP contribution is 2.34. The van der Waals surface area contributed by atoms with Crippen molar-refractivity contribution < 1.29 is 18.0 Å². The van der Waals surface area contributed by atoms with Gasteiger partial charge >= 0.3 is 0 Å². The molecule has 10 heteroatoms. The number of nitrogens with zero attached hydrogens (tertiary/aromatic N) is 3. The summed E-state index contributed by atoms with van der Waals surface area (Å²) in [5.74, 6) is 0.00959. The van der Waals surface area contributed by atoms with E-state index in [1.807, 2.05) is 6.07 Å². The van der Waals surface area contributed by atoms with Crippen molar-refractivity contribution in [2.75, 3.05) is 26.2 Å². The lowest BCUT2D eigenvalue weighted by Gasteiger charge is -2.33. The van der Waals surface area contributed by atoms with Gasteiger partial charge in [0.2, 0.25) is 10.0 Å². The Labute approximate surface area is 186 Å². The lowest BCUT2D eigenvalue weighted by Crippen LogP contribution is -2.50. The largest absolute Gasteiger partial charge is 0.364 e. The first-order valence-electron chi connectivity index (χ1n) is 10.6. The van der Waals surface area contributed by atoms with E-state index < -0.39 is 15.9 Å². The third-order valence-electron chi connectivity index (χ3n) is 6.37. The maximum absolute atomic E-state index is 13.0. The molecule has 8 nitrogen and oxygen atoms in total. The van der Waals surface area contributed by atoms with E-state index >= 15 is 0 Å². The highest BCUT2D eigenvalue weighted by molar-refractivity contribution is 7.89. The van der Waals surface area contributed by atoms with Gasteiger partial charge in [0.25, 0.3) is 11.8 Å². The van der Waals surface area contributed by atoms with E-state index in [4.69, 9.17) is 5.73 Å². The Morgan fingerprint density at radius 3 is 2.52 bits per heavy atom. The molecule has 2 aromatic rings. The fourth-order valence-electron chi connectivity index (χ4n) is 4.41. The number of aryl methyl sites for hydroxylation is 2. The van der Waals surface area contributed by atoms with Gasteiger partial charge in [-0.25, -0.2) is 8.42 Å². The Morgan fingerprint density at radius 1 is 1.19 bits per heavy atom. The number of aromatic nitrogens is 1. The number of nitrogens with two attached hydrogens (primary N) is 1. The van der Waals surface area contributed by atoms with Crippen molar-refractivity contribution in [1.82, 2.24) is 13.8 Å². The number of primary amides is 1. The van der Waals surface area contributed by atoms with Crippen molar-refractivity contribution in [2.24, 2.45) is 18.7 Å². The predicted molar refractivity (Wildman–Crippen MR) is 119 cm³/mol. The first-order valence-corrected chi connectivity index (χ1v) is 12.8. The van der Waals surface area contributed by atoms with Crippen LogP contribution in [0.3, 0.4) is 0 Å². The van der Waals surface area contributed by atoms with Crippen LogP contribution in [0.25, 0.3) is 0 Å². The van der Waals surface area contributed by atoms with Gasteiger partial charge in [0, 0.05) is 44.3 Å². The van der Waals surface area contributed by atoms with E-state index in [9.17, 15) is 18.0 Å². The third-order valence-corrected chi connectivity index (χ3v) is 9.46. The van der Waals surface area contributed by atoms with Crippen LogP contribution in [0.2, 0.25) is 0 Å². The number of carbonyl (C=O) groups is 2. The number of amides is 2. The lowest BCUT2D eigenvalue weighted by atomic mass is 9.87. The molecule has 2 amide bonds. The van der Waals surface area contributed by atoms with Crippen molar-refractivity contribution in [3.63, 3.8) is 0 Å². The maximum Gasteiger partial charge on any atom is 0.265 e. The number of carbonyl (C=O) groups excluding carboxylic acids is 2. The molecule has 2 N–H and O–H groups in total. The van der Waals surface area contributed by atoms with Gasteiger partial charge in [-0.3, -0.25) is 9.59 Å². The van der Waals surface area contributed by atoms with Crippen LogP contribution in [0, 0.1) is 5.92 Å². The number of fused-ring (bicyclic) bond motifs is 1. The molecule has 31 heavy (non-hydrogen) atoms. The van der Waals surface area contributed by atoms with E-state index in [0.717, 1.165) is 24.1 Å². The average Bonchev–Trinajstić information content (AvgIpc) is 3.36. The molecule has 4 rings (SSSR count).